The van der Waals surface area contributed by atoms with Crippen LogP contribution < -0.4 is 11.0 Å². The maximum atomic E-state index is 11.1. The number of hydrogen-bond acceptors (Lipinski definition) is 4. The van der Waals surface area contributed by atoms with E-state index in [-0.39, 0.29) is 0 Å². The Kier molecular flexibility index (Phi) is 2.91. The van der Waals surface area contributed by atoms with E-state index in [0.29, 0.717) is 11.5 Å². The van der Waals surface area contributed by atoms with Crippen LogP contribution in [0.1, 0.15) is 16.8 Å². The van der Waals surface area contributed by atoms with Crippen LogP contribution in [0.25, 0.3) is 0 Å². The van der Waals surface area contributed by atoms with Crippen molar-refractivity contribution in [1.29, 1.82) is 0 Å². The van der Waals surface area contributed by atoms with Crippen LogP contribution in [0.5, 0.6) is 0 Å². The molecule has 0 amide bonds. The summed E-state index contributed by atoms with van der Waals surface area (Å²) >= 11 is 0. The Bertz CT molecular complexity index is 583. The smallest absolute Gasteiger partial charge is 0.338 e. The predicted octanol–water partition coefficient (Wildman–Crippen LogP) is 1.83. The van der Waals surface area contributed by atoms with Gasteiger partial charge in [-0.3, -0.25) is 0 Å². The van der Waals surface area contributed by atoms with Gasteiger partial charge in [-0.05, 0) is 44.0 Å². The largest absolute Gasteiger partial charge is 0.363 e. The van der Waals surface area contributed by atoms with Gasteiger partial charge in [-0.15, -0.1) is 0 Å². The Morgan fingerprint density at radius 2 is 1.76 bits per heavy atom. The van der Waals surface area contributed by atoms with Gasteiger partial charge in [-0.1, -0.05) is 6.07 Å². The summed E-state index contributed by atoms with van der Waals surface area (Å²) in [5, 5.41) is 9.25. The second-order valence-electron chi connectivity index (χ2n) is 4.08. The molecule has 0 aliphatic carbocycles. The Labute approximate surface area is 98.9 Å². The van der Waals surface area contributed by atoms with Crippen LogP contribution in [0, 0.1) is 20.8 Å². The molecule has 1 aromatic carbocycles. The molecule has 2 aromatic rings. The topological polar surface area (TPSA) is 70.7 Å². The zero-order chi connectivity index (χ0) is 12.4. The van der Waals surface area contributed by atoms with Crippen LogP contribution in [-0.4, -0.2) is 15.2 Å². The lowest BCUT2D eigenvalue weighted by atomic mass is 10.1. The molecule has 17 heavy (non-hydrogen) atoms. The van der Waals surface area contributed by atoms with Gasteiger partial charge < -0.3 is 5.32 Å². The van der Waals surface area contributed by atoms with Crippen molar-refractivity contribution in [1.82, 2.24) is 15.2 Å². The van der Waals surface area contributed by atoms with Crippen molar-refractivity contribution in [2.45, 2.75) is 20.8 Å². The SMILES string of the molecule is Cc1cc(C)cc(Nc2nc(=O)[nH]nc2C)c1. The summed E-state index contributed by atoms with van der Waals surface area (Å²) in [6.07, 6.45) is 0. The summed E-state index contributed by atoms with van der Waals surface area (Å²) in [7, 11) is 0. The first-order valence-corrected chi connectivity index (χ1v) is 5.33. The monoisotopic (exact) mass is 230 g/mol. The van der Waals surface area contributed by atoms with Crippen LogP contribution >= 0.6 is 0 Å². The van der Waals surface area contributed by atoms with Crippen LogP contribution in [-0.2, 0) is 0 Å². The molecule has 0 saturated carbocycles. The van der Waals surface area contributed by atoms with E-state index >= 15 is 0 Å². The summed E-state index contributed by atoms with van der Waals surface area (Å²) in [5.74, 6) is 0.485. The Balaban J connectivity index is 2.37. The van der Waals surface area contributed by atoms with E-state index in [1.165, 1.54) is 0 Å². The Morgan fingerprint density at radius 3 is 2.41 bits per heavy atom. The summed E-state index contributed by atoms with van der Waals surface area (Å²) in [4.78, 5) is 14.9. The van der Waals surface area contributed by atoms with E-state index in [1.54, 1.807) is 6.92 Å². The highest BCUT2D eigenvalue weighted by Gasteiger charge is 2.03. The number of benzene rings is 1. The average molecular weight is 230 g/mol. The molecule has 0 aliphatic rings. The average Bonchev–Trinajstić information content (AvgIpc) is 2.22. The molecule has 5 nitrogen and oxygen atoms in total. The number of aromatic amines is 1. The molecule has 0 saturated heterocycles. The fourth-order valence-corrected chi connectivity index (χ4v) is 1.69. The normalized spacial score (nSPS) is 10.3. The molecule has 2 rings (SSSR count). The third-order valence-electron chi connectivity index (χ3n) is 2.36. The van der Waals surface area contributed by atoms with Gasteiger partial charge in [-0.25, -0.2) is 9.89 Å². The zero-order valence-electron chi connectivity index (χ0n) is 10.0. The number of aromatic nitrogens is 3. The Hall–Kier alpha value is -2.17. The molecule has 0 bridgehead atoms. The van der Waals surface area contributed by atoms with E-state index < -0.39 is 5.69 Å². The summed E-state index contributed by atoms with van der Waals surface area (Å²) in [6.45, 7) is 5.83. The molecule has 5 heteroatoms. The van der Waals surface area contributed by atoms with Gasteiger partial charge in [0.15, 0.2) is 5.82 Å². The van der Waals surface area contributed by atoms with Gasteiger partial charge in [-0.2, -0.15) is 10.1 Å². The molecule has 0 unspecified atom stereocenters. The predicted molar refractivity (Wildman–Crippen MR) is 66.6 cm³/mol. The van der Waals surface area contributed by atoms with Crippen molar-refractivity contribution >= 4 is 11.5 Å². The minimum Gasteiger partial charge on any atom is -0.338 e. The molecule has 0 fully saturated rings. The van der Waals surface area contributed by atoms with Crippen LogP contribution in [0.3, 0.4) is 0 Å². The first kappa shape index (κ1) is 11.3. The van der Waals surface area contributed by atoms with Crippen LogP contribution in [0.15, 0.2) is 23.0 Å². The van der Waals surface area contributed by atoms with Crippen molar-refractivity contribution < 1.29 is 0 Å². The third-order valence-corrected chi connectivity index (χ3v) is 2.36. The molecular formula is C12H14N4O. The fourth-order valence-electron chi connectivity index (χ4n) is 1.69. The number of nitrogens with one attached hydrogen (secondary N) is 2. The van der Waals surface area contributed by atoms with E-state index in [2.05, 4.69) is 26.6 Å². The number of rotatable bonds is 2. The fraction of sp³-hybridized carbons (Fsp3) is 0.250. The number of anilines is 2. The van der Waals surface area contributed by atoms with E-state index in [0.717, 1.165) is 16.8 Å². The van der Waals surface area contributed by atoms with Crippen LogP contribution in [0.4, 0.5) is 11.5 Å². The van der Waals surface area contributed by atoms with E-state index in [1.807, 2.05) is 26.0 Å². The minimum absolute atomic E-state index is 0.456. The molecule has 0 spiro atoms. The van der Waals surface area contributed by atoms with Crippen molar-refractivity contribution in [2.24, 2.45) is 0 Å². The summed E-state index contributed by atoms with van der Waals surface area (Å²) < 4.78 is 0. The minimum atomic E-state index is -0.456. The van der Waals surface area contributed by atoms with E-state index in [9.17, 15) is 4.79 Å². The highest BCUT2D eigenvalue weighted by molar-refractivity contribution is 5.59. The molecule has 88 valence electrons. The molecule has 0 atom stereocenters. The maximum absolute atomic E-state index is 11.1. The molecule has 1 heterocycles. The van der Waals surface area contributed by atoms with Gasteiger partial charge in [0.2, 0.25) is 0 Å². The number of nitrogens with zero attached hydrogens (tertiary/aromatic N) is 2. The highest BCUT2D eigenvalue weighted by Crippen LogP contribution is 2.18. The lowest BCUT2D eigenvalue weighted by Gasteiger charge is -2.08. The van der Waals surface area contributed by atoms with Crippen molar-refractivity contribution in [2.75, 3.05) is 5.32 Å². The first-order valence-electron chi connectivity index (χ1n) is 5.33. The Morgan fingerprint density at radius 1 is 1.12 bits per heavy atom. The molecule has 1 aromatic heterocycles. The second-order valence-corrected chi connectivity index (χ2v) is 4.08. The number of aryl methyl sites for hydroxylation is 3. The third kappa shape index (κ3) is 2.69. The maximum Gasteiger partial charge on any atom is 0.363 e. The lowest BCUT2D eigenvalue weighted by Crippen LogP contribution is -2.15. The summed E-state index contributed by atoms with van der Waals surface area (Å²) in [5.41, 5.74) is 3.42. The first-order chi connectivity index (χ1) is 8.04. The highest BCUT2D eigenvalue weighted by atomic mass is 16.1. The second kappa shape index (κ2) is 4.37. The summed E-state index contributed by atoms with van der Waals surface area (Å²) in [6, 6.07) is 6.08. The van der Waals surface area contributed by atoms with Gasteiger partial charge in [0, 0.05) is 5.69 Å². The van der Waals surface area contributed by atoms with Gasteiger partial charge in [0.1, 0.15) is 5.69 Å². The number of hydrogen-bond donors (Lipinski definition) is 2. The van der Waals surface area contributed by atoms with Gasteiger partial charge in [0.05, 0.1) is 0 Å². The van der Waals surface area contributed by atoms with Crippen molar-refractivity contribution in [3.63, 3.8) is 0 Å². The zero-order valence-corrected chi connectivity index (χ0v) is 10.0. The van der Waals surface area contributed by atoms with Crippen LogP contribution in [0.2, 0.25) is 0 Å². The molecule has 2 N–H and O–H groups in total. The molecular weight excluding hydrogens is 216 g/mol. The van der Waals surface area contributed by atoms with E-state index in [4.69, 9.17) is 0 Å². The van der Waals surface area contributed by atoms with Gasteiger partial charge >= 0.3 is 5.69 Å². The quantitative estimate of drug-likeness (QED) is 0.825. The molecule has 0 aliphatic heterocycles. The van der Waals surface area contributed by atoms with Gasteiger partial charge in [0.25, 0.3) is 0 Å². The molecule has 0 radical (unpaired) electrons. The lowest BCUT2D eigenvalue weighted by molar-refractivity contribution is 0.885. The number of H-pyrrole nitrogens is 1. The van der Waals surface area contributed by atoms with Crippen molar-refractivity contribution in [3.8, 4) is 0 Å². The standard InChI is InChI=1S/C12H14N4O/c1-7-4-8(2)6-10(5-7)13-11-9(3)15-16-12(17)14-11/h4-6H,1-3H3,(H2,13,14,16,17). The van der Waals surface area contributed by atoms with Crippen molar-refractivity contribution in [3.05, 3.63) is 45.5 Å².